The van der Waals surface area contributed by atoms with Crippen molar-refractivity contribution >= 4 is 45.1 Å². The van der Waals surface area contributed by atoms with Crippen molar-refractivity contribution in [2.24, 2.45) is 5.92 Å². The molecular formula is C19H20N4O3S2. The Hall–Kier alpha value is -2.39. The molecule has 0 saturated carbocycles. The number of hydrogen-bond donors (Lipinski definition) is 2. The Morgan fingerprint density at radius 2 is 2.21 bits per heavy atom. The lowest BCUT2D eigenvalue weighted by Gasteiger charge is -2.18. The SMILES string of the molecule is Cc1nc(SCC(=O)NNC(=O)c2ccco2)c2c3c(sc2n1)CC(C)CC3. The van der Waals surface area contributed by atoms with Gasteiger partial charge >= 0.3 is 5.91 Å². The first-order chi connectivity index (χ1) is 13.5. The van der Waals surface area contributed by atoms with Gasteiger partial charge in [0.15, 0.2) is 5.76 Å². The molecule has 2 N–H and O–H groups in total. The highest BCUT2D eigenvalue weighted by Gasteiger charge is 2.24. The number of fused-ring (bicyclic) bond motifs is 3. The van der Waals surface area contributed by atoms with Crippen LogP contribution < -0.4 is 10.9 Å². The van der Waals surface area contributed by atoms with Crippen LogP contribution in [0.25, 0.3) is 10.2 Å². The number of nitrogens with zero attached hydrogens (tertiary/aromatic N) is 2. The van der Waals surface area contributed by atoms with E-state index in [2.05, 4.69) is 27.7 Å². The molecule has 1 unspecified atom stereocenters. The van der Waals surface area contributed by atoms with Gasteiger partial charge in [0.1, 0.15) is 15.7 Å². The van der Waals surface area contributed by atoms with Gasteiger partial charge in [0, 0.05) is 10.3 Å². The number of amides is 2. The summed E-state index contributed by atoms with van der Waals surface area (Å²) in [5.41, 5.74) is 6.09. The highest BCUT2D eigenvalue weighted by molar-refractivity contribution is 8.00. The van der Waals surface area contributed by atoms with E-state index < -0.39 is 5.91 Å². The van der Waals surface area contributed by atoms with Gasteiger partial charge in [0.05, 0.1) is 12.0 Å². The van der Waals surface area contributed by atoms with Gasteiger partial charge in [0.2, 0.25) is 5.91 Å². The number of rotatable bonds is 4. The van der Waals surface area contributed by atoms with E-state index in [0.717, 1.165) is 34.5 Å². The van der Waals surface area contributed by atoms with Crippen molar-refractivity contribution in [2.75, 3.05) is 5.75 Å². The minimum atomic E-state index is -0.496. The molecule has 0 fully saturated rings. The number of thiophene rings is 1. The summed E-state index contributed by atoms with van der Waals surface area (Å²) in [7, 11) is 0. The number of carbonyl (C=O) groups is 2. The topological polar surface area (TPSA) is 97.1 Å². The lowest BCUT2D eigenvalue weighted by atomic mass is 9.89. The summed E-state index contributed by atoms with van der Waals surface area (Å²) in [6.07, 6.45) is 4.67. The van der Waals surface area contributed by atoms with Crippen LogP contribution in [0.4, 0.5) is 0 Å². The number of nitrogens with one attached hydrogen (secondary N) is 2. The summed E-state index contributed by atoms with van der Waals surface area (Å²) in [5, 5.41) is 1.93. The normalized spacial score (nSPS) is 16.0. The summed E-state index contributed by atoms with van der Waals surface area (Å²) in [4.78, 5) is 35.6. The van der Waals surface area contributed by atoms with Gasteiger partial charge in [-0.05, 0) is 49.8 Å². The molecule has 3 aromatic rings. The van der Waals surface area contributed by atoms with Crippen molar-refractivity contribution in [3.05, 3.63) is 40.4 Å². The third-order valence-electron chi connectivity index (χ3n) is 4.63. The predicted molar refractivity (Wildman–Crippen MR) is 108 cm³/mol. The van der Waals surface area contributed by atoms with Gasteiger partial charge in [-0.15, -0.1) is 11.3 Å². The molecule has 0 bridgehead atoms. The molecular weight excluding hydrogens is 396 g/mol. The molecule has 1 aliphatic rings. The van der Waals surface area contributed by atoms with E-state index in [4.69, 9.17) is 4.42 Å². The quantitative estimate of drug-likeness (QED) is 0.385. The average Bonchev–Trinajstić information content (AvgIpc) is 3.31. The molecule has 4 rings (SSSR count). The lowest BCUT2D eigenvalue weighted by Crippen LogP contribution is -2.42. The molecule has 0 aromatic carbocycles. The number of hydrazine groups is 1. The second-order valence-corrected chi connectivity index (χ2v) is 8.92. The van der Waals surface area contributed by atoms with Gasteiger partial charge in [-0.3, -0.25) is 20.4 Å². The third-order valence-corrected chi connectivity index (χ3v) is 6.76. The summed E-state index contributed by atoms with van der Waals surface area (Å²) in [5.74, 6) is 0.865. The van der Waals surface area contributed by atoms with Crippen molar-refractivity contribution in [3.63, 3.8) is 0 Å². The minimum absolute atomic E-state index is 0.139. The maximum Gasteiger partial charge on any atom is 0.305 e. The monoisotopic (exact) mass is 416 g/mol. The highest BCUT2D eigenvalue weighted by Crippen LogP contribution is 2.40. The summed E-state index contributed by atoms with van der Waals surface area (Å²) in [6.45, 7) is 4.15. The van der Waals surface area contributed by atoms with Crippen molar-refractivity contribution < 1.29 is 14.0 Å². The second kappa shape index (κ2) is 7.92. The molecule has 0 spiro atoms. The van der Waals surface area contributed by atoms with E-state index in [1.54, 1.807) is 17.4 Å². The second-order valence-electron chi connectivity index (χ2n) is 6.88. The number of aromatic nitrogens is 2. The molecule has 1 aliphatic carbocycles. The van der Waals surface area contributed by atoms with Crippen LogP contribution in [0, 0.1) is 12.8 Å². The van der Waals surface area contributed by atoms with Gasteiger partial charge in [-0.2, -0.15) is 0 Å². The van der Waals surface area contributed by atoms with Crippen molar-refractivity contribution in [2.45, 2.75) is 38.1 Å². The first-order valence-electron chi connectivity index (χ1n) is 9.05. The molecule has 2 amide bonds. The zero-order valence-electron chi connectivity index (χ0n) is 15.6. The Balaban J connectivity index is 1.45. The van der Waals surface area contributed by atoms with Gasteiger partial charge in [-0.25, -0.2) is 9.97 Å². The van der Waals surface area contributed by atoms with E-state index in [9.17, 15) is 9.59 Å². The van der Waals surface area contributed by atoms with Crippen LogP contribution in [0.3, 0.4) is 0 Å². The van der Waals surface area contributed by atoms with Gasteiger partial charge in [-0.1, -0.05) is 18.7 Å². The van der Waals surface area contributed by atoms with Gasteiger partial charge in [0.25, 0.3) is 0 Å². The van der Waals surface area contributed by atoms with E-state index in [1.165, 1.54) is 34.5 Å². The fourth-order valence-electron chi connectivity index (χ4n) is 3.28. The Bertz CT molecular complexity index is 1030. The van der Waals surface area contributed by atoms with Gasteiger partial charge < -0.3 is 4.42 Å². The molecule has 1 atom stereocenters. The van der Waals surface area contributed by atoms with E-state index in [0.29, 0.717) is 11.7 Å². The maximum absolute atomic E-state index is 12.2. The molecule has 28 heavy (non-hydrogen) atoms. The number of carbonyl (C=O) groups excluding carboxylic acids is 2. The number of thioether (sulfide) groups is 1. The predicted octanol–water partition coefficient (Wildman–Crippen LogP) is 3.27. The van der Waals surface area contributed by atoms with Crippen molar-refractivity contribution in [3.8, 4) is 0 Å². The van der Waals surface area contributed by atoms with E-state index >= 15 is 0 Å². The first kappa shape index (κ1) is 18.9. The van der Waals surface area contributed by atoms with Crippen molar-refractivity contribution in [1.29, 1.82) is 0 Å². The summed E-state index contributed by atoms with van der Waals surface area (Å²) >= 11 is 3.11. The maximum atomic E-state index is 12.2. The molecule has 146 valence electrons. The molecule has 0 aliphatic heterocycles. The standard InChI is InChI=1S/C19H20N4O3S2/c1-10-5-6-12-14(8-10)28-19-16(12)18(20-11(2)21-19)27-9-15(24)22-23-17(25)13-4-3-7-26-13/h3-4,7,10H,5-6,8-9H2,1-2H3,(H,22,24)(H,23,25). The zero-order chi connectivity index (χ0) is 19.7. The highest BCUT2D eigenvalue weighted by atomic mass is 32.2. The molecule has 9 heteroatoms. The van der Waals surface area contributed by atoms with E-state index in [-0.39, 0.29) is 17.4 Å². The zero-order valence-corrected chi connectivity index (χ0v) is 17.2. The largest absolute Gasteiger partial charge is 0.459 e. The van der Waals surface area contributed by atoms with Crippen LogP contribution in [0.1, 0.15) is 40.2 Å². The summed E-state index contributed by atoms with van der Waals surface area (Å²) < 4.78 is 4.99. The van der Waals surface area contributed by atoms with Crippen molar-refractivity contribution in [1.82, 2.24) is 20.8 Å². The number of aryl methyl sites for hydroxylation is 2. The minimum Gasteiger partial charge on any atom is -0.459 e. The summed E-state index contributed by atoms with van der Waals surface area (Å²) in [6, 6.07) is 3.13. The average molecular weight is 417 g/mol. The van der Waals surface area contributed by atoms with Crippen LogP contribution in [-0.4, -0.2) is 27.5 Å². The van der Waals surface area contributed by atoms with Crippen LogP contribution in [0.15, 0.2) is 27.8 Å². The first-order valence-corrected chi connectivity index (χ1v) is 10.9. The smallest absolute Gasteiger partial charge is 0.305 e. The molecule has 3 heterocycles. The molecule has 3 aromatic heterocycles. The molecule has 7 nitrogen and oxygen atoms in total. The lowest BCUT2D eigenvalue weighted by molar-refractivity contribution is -0.119. The Kier molecular flexibility index (Phi) is 5.36. The van der Waals surface area contributed by atoms with Crippen LogP contribution in [0.2, 0.25) is 0 Å². The fourth-order valence-corrected chi connectivity index (χ4v) is 5.67. The Morgan fingerprint density at radius 3 is 3.00 bits per heavy atom. The molecule has 0 radical (unpaired) electrons. The van der Waals surface area contributed by atoms with Crippen LogP contribution in [-0.2, 0) is 17.6 Å². The Morgan fingerprint density at radius 1 is 1.36 bits per heavy atom. The van der Waals surface area contributed by atoms with Crippen LogP contribution in [0.5, 0.6) is 0 Å². The fraction of sp³-hybridized carbons (Fsp3) is 0.368. The number of hydrogen-bond acceptors (Lipinski definition) is 7. The van der Waals surface area contributed by atoms with Crippen LogP contribution >= 0.6 is 23.1 Å². The molecule has 0 saturated heterocycles. The van der Waals surface area contributed by atoms with E-state index in [1.807, 2.05) is 6.92 Å². The third kappa shape index (κ3) is 3.90. The Labute approximate surface area is 170 Å². The number of furan rings is 1.